The van der Waals surface area contributed by atoms with Crippen LogP contribution in [-0.4, -0.2) is 30.7 Å². The molecule has 110 valence electrons. The molecule has 0 saturated heterocycles. The molecule has 0 aliphatic carbocycles. The molecule has 1 aromatic heterocycles. The summed E-state index contributed by atoms with van der Waals surface area (Å²) >= 11 is 5.84. The van der Waals surface area contributed by atoms with Gasteiger partial charge in [0.15, 0.2) is 9.84 Å². The number of benzene rings is 1. The average molecular weight is 328 g/mol. The highest BCUT2D eigenvalue weighted by atomic mass is 35.5. The van der Waals surface area contributed by atoms with Crippen LogP contribution in [0.25, 0.3) is 0 Å². The first-order valence-corrected chi connectivity index (χ1v) is 7.91. The molecule has 1 N–H and O–H groups in total. The Morgan fingerprint density at radius 3 is 2.62 bits per heavy atom. The van der Waals surface area contributed by atoms with Gasteiger partial charge in [0.2, 0.25) is 0 Å². The Labute approximate surface area is 125 Å². The third-order valence-electron chi connectivity index (χ3n) is 2.53. The molecule has 0 amide bonds. The van der Waals surface area contributed by atoms with Crippen molar-refractivity contribution in [1.29, 1.82) is 0 Å². The predicted octanol–water partition coefficient (Wildman–Crippen LogP) is 2.63. The van der Waals surface area contributed by atoms with Gasteiger partial charge in [-0.1, -0.05) is 11.6 Å². The summed E-state index contributed by atoms with van der Waals surface area (Å²) in [5.41, 5.74) is -0.310. The fourth-order valence-electron chi connectivity index (χ4n) is 1.60. The van der Waals surface area contributed by atoms with Gasteiger partial charge in [-0.15, -0.1) is 0 Å². The Hall–Kier alpha value is -2.12. The summed E-state index contributed by atoms with van der Waals surface area (Å²) in [6, 6.07) is 5.33. The molecule has 0 bridgehead atoms. The Morgan fingerprint density at radius 1 is 1.38 bits per heavy atom. The lowest BCUT2D eigenvalue weighted by Crippen LogP contribution is -2.05. The summed E-state index contributed by atoms with van der Waals surface area (Å²) in [4.78, 5) is 14.6. The van der Waals surface area contributed by atoms with E-state index in [0.717, 1.165) is 18.4 Å². The van der Waals surface area contributed by atoms with Crippen LogP contribution < -0.4 is 4.74 Å². The molecule has 2 rings (SSSR count). The second kappa shape index (κ2) is 5.71. The van der Waals surface area contributed by atoms with Crippen LogP contribution in [0.3, 0.4) is 0 Å². The fraction of sp³-hybridized carbons (Fsp3) is 0.0769. The highest BCUT2D eigenvalue weighted by molar-refractivity contribution is 7.90. The van der Waals surface area contributed by atoms with Crippen LogP contribution in [0.1, 0.15) is 10.4 Å². The molecule has 0 spiro atoms. The van der Waals surface area contributed by atoms with Crippen molar-refractivity contribution in [3.63, 3.8) is 0 Å². The van der Waals surface area contributed by atoms with Crippen molar-refractivity contribution in [3.05, 3.63) is 47.2 Å². The van der Waals surface area contributed by atoms with Crippen LogP contribution in [-0.2, 0) is 9.84 Å². The first-order valence-electron chi connectivity index (χ1n) is 5.64. The van der Waals surface area contributed by atoms with E-state index in [0.29, 0.717) is 5.75 Å². The molecule has 2 aromatic rings. The number of ether oxygens (including phenoxy) is 1. The summed E-state index contributed by atoms with van der Waals surface area (Å²) in [6.45, 7) is 0. The number of aromatic nitrogens is 1. The first-order chi connectivity index (χ1) is 9.79. The highest BCUT2D eigenvalue weighted by Crippen LogP contribution is 2.33. The number of halogens is 1. The van der Waals surface area contributed by atoms with Crippen LogP contribution in [0.5, 0.6) is 11.5 Å². The lowest BCUT2D eigenvalue weighted by atomic mass is 10.2. The standard InChI is InChI=1S/C13H10ClNO5S/c1-21(18,19)12-5-9(13(16)17)10(14)6-11(12)20-8-3-2-4-15-7-8/h2-7H,1H3,(H,16,17). The van der Waals surface area contributed by atoms with Crippen LogP contribution in [0, 0.1) is 0 Å². The molecule has 0 aliphatic rings. The smallest absolute Gasteiger partial charge is 0.337 e. The molecule has 21 heavy (non-hydrogen) atoms. The maximum atomic E-state index is 11.8. The number of pyridine rings is 1. The van der Waals surface area contributed by atoms with E-state index in [4.69, 9.17) is 21.4 Å². The molecule has 0 saturated carbocycles. The van der Waals surface area contributed by atoms with E-state index in [1.165, 1.54) is 12.4 Å². The quantitative estimate of drug-likeness (QED) is 0.927. The first kappa shape index (κ1) is 15.3. The van der Waals surface area contributed by atoms with E-state index in [1.807, 2.05) is 0 Å². The zero-order valence-corrected chi connectivity index (χ0v) is 12.4. The zero-order valence-electron chi connectivity index (χ0n) is 10.8. The molecule has 1 aromatic carbocycles. The van der Waals surface area contributed by atoms with E-state index >= 15 is 0 Å². The zero-order chi connectivity index (χ0) is 15.6. The van der Waals surface area contributed by atoms with Gasteiger partial charge >= 0.3 is 5.97 Å². The molecule has 0 aliphatic heterocycles. The van der Waals surface area contributed by atoms with Crippen LogP contribution >= 0.6 is 11.6 Å². The Morgan fingerprint density at radius 2 is 2.10 bits per heavy atom. The Bertz CT molecular complexity index is 790. The third kappa shape index (κ3) is 3.50. The summed E-state index contributed by atoms with van der Waals surface area (Å²) in [7, 11) is -3.69. The van der Waals surface area contributed by atoms with Crippen LogP contribution in [0.15, 0.2) is 41.6 Å². The van der Waals surface area contributed by atoms with Crippen molar-refractivity contribution >= 4 is 27.4 Å². The maximum absolute atomic E-state index is 11.8. The molecule has 0 radical (unpaired) electrons. The van der Waals surface area contributed by atoms with Gasteiger partial charge in [0, 0.05) is 18.5 Å². The lowest BCUT2D eigenvalue weighted by Gasteiger charge is -2.11. The van der Waals surface area contributed by atoms with Gasteiger partial charge in [-0.25, -0.2) is 13.2 Å². The molecule has 0 fully saturated rings. The van der Waals surface area contributed by atoms with Gasteiger partial charge in [0.25, 0.3) is 0 Å². The highest BCUT2D eigenvalue weighted by Gasteiger charge is 2.21. The largest absolute Gasteiger partial charge is 0.478 e. The fourth-order valence-corrected chi connectivity index (χ4v) is 2.64. The number of sulfone groups is 1. The topological polar surface area (TPSA) is 93.6 Å². The molecule has 0 unspecified atom stereocenters. The number of rotatable bonds is 4. The Kier molecular flexibility index (Phi) is 4.15. The minimum absolute atomic E-state index is 0.0551. The van der Waals surface area contributed by atoms with Gasteiger partial charge in [-0.05, 0) is 18.2 Å². The minimum atomic E-state index is -3.69. The van der Waals surface area contributed by atoms with E-state index in [2.05, 4.69) is 4.98 Å². The number of carboxylic acid groups (broad SMARTS) is 1. The third-order valence-corrected chi connectivity index (χ3v) is 3.96. The number of aromatic carboxylic acids is 1. The number of nitrogens with zero attached hydrogens (tertiary/aromatic N) is 1. The van der Waals surface area contributed by atoms with Gasteiger partial charge in [0.1, 0.15) is 16.4 Å². The van der Waals surface area contributed by atoms with Crippen molar-refractivity contribution in [1.82, 2.24) is 4.98 Å². The van der Waals surface area contributed by atoms with Crippen LogP contribution in [0.2, 0.25) is 5.02 Å². The molecule has 1 heterocycles. The number of carboxylic acids is 1. The predicted molar refractivity (Wildman–Crippen MR) is 75.8 cm³/mol. The number of hydrogen-bond donors (Lipinski definition) is 1. The van der Waals surface area contributed by atoms with E-state index < -0.39 is 15.8 Å². The van der Waals surface area contributed by atoms with Crippen LogP contribution in [0.4, 0.5) is 0 Å². The van der Waals surface area contributed by atoms with Gasteiger partial charge in [0.05, 0.1) is 16.8 Å². The van der Waals surface area contributed by atoms with Crippen molar-refractivity contribution < 1.29 is 23.1 Å². The molecular formula is C13H10ClNO5S. The second-order valence-corrected chi connectivity index (χ2v) is 6.54. The summed E-state index contributed by atoms with van der Waals surface area (Å²) < 4.78 is 29.0. The van der Waals surface area contributed by atoms with Gasteiger partial charge < -0.3 is 9.84 Å². The lowest BCUT2D eigenvalue weighted by molar-refractivity contribution is 0.0697. The van der Waals surface area contributed by atoms with Crippen molar-refractivity contribution in [2.75, 3.05) is 6.26 Å². The SMILES string of the molecule is CS(=O)(=O)c1cc(C(=O)O)c(Cl)cc1Oc1cccnc1. The van der Waals surface area contributed by atoms with Crippen molar-refractivity contribution in [2.45, 2.75) is 4.90 Å². The van der Waals surface area contributed by atoms with Gasteiger partial charge in [-0.3, -0.25) is 4.98 Å². The summed E-state index contributed by atoms with van der Waals surface area (Å²) in [5.74, 6) is -1.07. The maximum Gasteiger partial charge on any atom is 0.337 e. The normalized spacial score (nSPS) is 11.1. The molecule has 0 atom stereocenters. The molecular weight excluding hydrogens is 318 g/mol. The summed E-state index contributed by atoms with van der Waals surface area (Å²) in [6.07, 6.45) is 3.88. The minimum Gasteiger partial charge on any atom is -0.478 e. The Balaban J connectivity index is 2.59. The average Bonchev–Trinajstić information content (AvgIpc) is 2.38. The van der Waals surface area contributed by atoms with Crippen molar-refractivity contribution in [2.24, 2.45) is 0 Å². The van der Waals surface area contributed by atoms with Gasteiger partial charge in [-0.2, -0.15) is 0 Å². The van der Waals surface area contributed by atoms with E-state index in [1.54, 1.807) is 12.1 Å². The van der Waals surface area contributed by atoms with Crippen molar-refractivity contribution in [3.8, 4) is 11.5 Å². The monoisotopic (exact) mass is 327 g/mol. The molecule has 8 heteroatoms. The summed E-state index contributed by atoms with van der Waals surface area (Å²) in [5, 5.41) is 8.89. The molecule has 6 nitrogen and oxygen atoms in total. The van der Waals surface area contributed by atoms with E-state index in [-0.39, 0.29) is 21.2 Å². The number of hydrogen-bond acceptors (Lipinski definition) is 5. The number of carbonyl (C=O) groups is 1. The second-order valence-electron chi connectivity index (χ2n) is 4.15. The van der Waals surface area contributed by atoms with E-state index in [9.17, 15) is 13.2 Å².